The van der Waals surface area contributed by atoms with Gasteiger partial charge in [0.2, 0.25) is 0 Å². The molecule has 29 heavy (non-hydrogen) atoms. The summed E-state index contributed by atoms with van der Waals surface area (Å²) in [4.78, 5) is 12.1. The van der Waals surface area contributed by atoms with Crippen LogP contribution in [0.25, 0.3) is 0 Å². The molecule has 0 spiro atoms. The first-order chi connectivity index (χ1) is 13.5. The molecule has 3 rings (SSSR count). The summed E-state index contributed by atoms with van der Waals surface area (Å²) in [5.74, 6) is -1.53. The zero-order valence-electron chi connectivity index (χ0n) is 16.6. The average Bonchev–Trinajstić information content (AvgIpc) is 2.88. The van der Waals surface area contributed by atoms with E-state index in [9.17, 15) is 21.6 Å². The van der Waals surface area contributed by atoms with E-state index in [0.29, 0.717) is 3.71 Å². The third kappa shape index (κ3) is 3.82. The van der Waals surface area contributed by atoms with Crippen molar-refractivity contribution < 1.29 is 26.4 Å². The number of carbonyl (C=O) groups is 1. The summed E-state index contributed by atoms with van der Waals surface area (Å²) in [7, 11) is -9.12. The predicted octanol–water partition coefficient (Wildman–Crippen LogP) is 2.63. The van der Waals surface area contributed by atoms with Gasteiger partial charge >= 0.3 is 5.97 Å². The standard InChI is InChI=1S/C20H23NO6S2/c1-13-5-9-17(10-6-13)28(23,24)21(19-15(3)16(4)27-20(19)22)29(25,26)18-11-7-14(2)8-12-18/h5-12,15-16,19H,1-4H3/t15-,16-,19+/m0/s1. The summed E-state index contributed by atoms with van der Waals surface area (Å²) in [6.45, 7) is 6.78. The summed E-state index contributed by atoms with van der Waals surface area (Å²) in [5.41, 5.74) is 1.64. The molecule has 0 radical (unpaired) electrons. The summed E-state index contributed by atoms with van der Waals surface area (Å²) < 4.78 is 59.3. The van der Waals surface area contributed by atoms with Gasteiger partial charge < -0.3 is 4.74 Å². The summed E-state index contributed by atoms with van der Waals surface area (Å²) >= 11 is 0. The van der Waals surface area contributed by atoms with Crippen molar-refractivity contribution in [2.24, 2.45) is 5.92 Å². The zero-order valence-corrected chi connectivity index (χ0v) is 18.2. The molecule has 1 heterocycles. The normalized spacial score (nSPS) is 22.7. The Kier molecular flexibility index (Phi) is 5.59. The maximum absolute atomic E-state index is 13.5. The van der Waals surface area contributed by atoms with Crippen LogP contribution in [0, 0.1) is 19.8 Å². The van der Waals surface area contributed by atoms with Gasteiger partial charge in [-0.2, -0.15) is 0 Å². The summed E-state index contributed by atoms with van der Waals surface area (Å²) in [6.07, 6.45) is -0.614. The molecule has 156 valence electrons. The number of nitrogens with zero attached hydrogens (tertiary/aromatic N) is 1. The van der Waals surface area contributed by atoms with Crippen molar-refractivity contribution in [2.45, 2.75) is 49.6 Å². The molecule has 3 atom stereocenters. The van der Waals surface area contributed by atoms with Gasteiger partial charge in [0.1, 0.15) is 12.1 Å². The van der Waals surface area contributed by atoms with Gasteiger partial charge in [-0.05, 0) is 45.0 Å². The number of hydrogen-bond donors (Lipinski definition) is 0. The van der Waals surface area contributed by atoms with E-state index in [0.717, 1.165) is 11.1 Å². The third-order valence-electron chi connectivity index (χ3n) is 5.12. The molecule has 0 amide bonds. The fraction of sp³-hybridized carbons (Fsp3) is 0.350. The van der Waals surface area contributed by atoms with Crippen molar-refractivity contribution in [2.75, 3.05) is 0 Å². The lowest BCUT2D eigenvalue weighted by Crippen LogP contribution is -2.49. The fourth-order valence-electron chi connectivity index (χ4n) is 3.17. The van der Waals surface area contributed by atoms with Crippen LogP contribution in [-0.4, -0.2) is 38.7 Å². The maximum Gasteiger partial charge on any atom is 0.326 e. The number of rotatable bonds is 5. The second-order valence-electron chi connectivity index (χ2n) is 7.31. The molecule has 2 aromatic carbocycles. The molecule has 1 fully saturated rings. The van der Waals surface area contributed by atoms with Crippen LogP contribution in [0.15, 0.2) is 58.3 Å². The fourth-order valence-corrected chi connectivity index (χ4v) is 7.25. The molecular weight excluding hydrogens is 414 g/mol. The van der Waals surface area contributed by atoms with E-state index in [1.807, 2.05) is 0 Å². The molecule has 0 aromatic heterocycles. The van der Waals surface area contributed by atoms with Gasteiger partial charge in [-0.1, -0.05) is 46.0 Å². The minimum absolute atomic E-state index is 0.210. The Hall–Kier alpha value is -2.23. The topological polar surface area (TPSA) is 97.8 Å². The first-order valence-corrected chi connectivity index (χ1v) is 12.0. The highest BCUT2D eigenvalue weighted by Crippen LogP contribution is 2.35. The van der Waals surface area contributed by atoms with Gasteiger partial charge in [-0.25, -0.2) is 16.8 Å². The number of esters is 1. The van der Waals surface area contributed by atoms with Crippen molar-refractivity contribution in [1.82, 2.24) is 3.71 Å². The van der Waals surface area contributed by atoms with Crippen molar-refractivity contribution in [3.8, 4) is 0 Å². The van der Waals surface area contributed by atoms with Gasteiger partial charge in [0.15, 0.2) is 0 Å². The zero-order chi connectivity index (χ0) is 21.6. The van der Waals surface area contributed by atoms with Crippen molar-refractivity contribution in [3.63, 3.8) is 0 Å². The monoisotopic (exact) mass is 437 g/mol. The summed E-state index contributed by atoms with van der Waals surface area (Å²) in [6, 6.07) is 10.1. The molecule has 0 bridgehead atoms. The SMILES string of the molecule is Cc1ccc(S(=O)(=O)N([C@H]2C(=O)O[C@@H](C)[C@@H]2C)S(=O)(=O)c2ccc(C)cc2)cc1. The van der Waals surface area contributed by atoms with Crippen molar-refractivity contribution in [3.05, 3.63) is 59.7 Å². The highest BCUT2D eigenvalue weighted by Gasteiger charge is 2.53. The lowest BCUT2D eigenvalue weighted by Gasteiger charge is -2.27. The molecule has 1 aliphatic heterocycles. The molecule has 7 nitrogen and oxygen atoms in total. The summed E-state index contributed by atoms with van der Waals surface area (Å²) in [5, 5.41) is 0. The van der Waals surface area contributed by atoms with E-state index in [1.54, 1.807) is 52.0 Å². The average molecular weight is 438 g/mol. The maximum atomic E-state index is 13.5. The Morgan fingerprint density at radius 1 is 0.759 bits per heavy atom. The number of aryl methyl sites for hydroxylation is 2. The Labute approximate surface area is 171 Å². The van der Waals surface area contributed by atoms with Crippen molar-refractivity contribution in [1.29, 1.82) is 0 Å². The van der Waals surface area contributed by atoms with Crippen LogP contribution in [-0.2, 0) is 29.6 Å². The van der Waals surface area contributed by atoms with Crippen LogP contribution in [0.2, 0.25) is 0 Å². The molecule has 1 aliphatic rings. The lowest BCUT2D eigenvalue weighted by atomic mass is 10.0. The number of benzene rings is 2. The van der Waals surface area contributed by atoms with Crippen LogP contribution in [0.1, 0.15) is 25.0 Å². The van der Waals surface area contributed by atoms with Crippen LogP contribution >= 0.6 is 0 Å². The Morgan fingerprint density at radius 3 is 1.45 bits per heavy atom. The second-order valence-corrected chi connectivity index (χ2v) is 11.2. The van der Waals surface area contributed by atoms with Gasteiger partial charge in [-0.3, -0.25) is 4.79 Å². The molecule has 0 unspecified atom stereocenters. The highest BCUT2D eigenvalue weighted by atomic mass is 32.3. The second kappa shape index (κ2) is 7.55. The van der Waals surface area contributed by atoms with Crippen LogP contribution in [0.4, 0.5) is 0 Å². The molecule has 9 heteroatoms. The quantitative estimate of drug-likeness (QED) is 0.667. The minimum atomic E-state index is -4.56. The number of hydrogen-bond acceptors (Lipinski definition) is 6. The first kappa shape index (κ1) is 21.5. The van der Waals surface area contributed by atoms with E-state index < -0.39 is 44.1 Å². The van der Waals surface area contributed by atoms with Crippen molar-refractivity contribution >= 4 is 26.0 Å². The predicted molar refractivity (Wildman–Crippen MR) is 107 cm³/mol. The van der Waals surface area contributed by atoms with Crippen LogP contribution in [0.3, 0.4) is 0 Å². The molecule has 0 N–H and O–H groups in total. The van der Waals surface area contributed by atoms with E-state index in [2.05, 4.69) is 0 Å². The third-order valence-corrected chi connectivity index (χ3v) is 9.44. The Bertz CT molecular complexity index is 1050. The highest BCUT2D eigenvalue weighted by molar-refractivity contribution is 8.04. The van der Waals surface area contributed by atoms with Gasteiger partial charge in [0.25, 0.3) is 20.0 Å². The number of cyclic esters (lactones) is 1. The van der Waals surface area contributed by atoms with E-state index in [1.165, 1.54) is 24.3 Å². The minimum Gasteiger partial charge on any atom is -0.461 e. The lowest BCUT2D eigenvalue weighted by molar-refractivity contribution is -0.142. The largest absolute Gasteiger partial charge is 0.461 e. The molecule has 1 saturated heterocycles. The Balaban J connectivity index is 2.23. The molecule has 0 saturated carbocycles. The van der Waals surface area contributed by atoms with E-state index in [4.69, 9.17) is 4.74 Å². The van der Waals surface area contributed by atoms with E-state index in [-0.39, 0.29) is 9.79 Å². The number of sulfonamides is 2. The van der Waals surface area contributed by atoms with Crippen LogP contribution < -0.4 is 0 Å². The molecular formula is C20H23NO6S2. The number of carbonyl (C=O) groups excluding carboxylic acids is 1. The Morgan fingerprint density at radius 2 is 1.14 bits per heavy atom. The van der Waals surface area contributed by atoms with Crippen LogP contribution in [0.5, 0.6) is 0 Å². The smallest absolute Gasteiger partial charge is 0.326 e. The molecule has 0 aliphatic carbocycles. The van der Waals surface area contributed by atoms with E-state index >= 15 is 0 Å². The van der Waals surface area contributed by atoms with Gasteiger partial charge in [0.05, 0.1) is 9.79 Å². The van der Waals surface area contributed by atoms with Gasteiger partial charge in [0, 0.05) is 5.92 Å². The molecule has 2 aromatic rings. The number of ether oxygens (including phenoxy) is 1. The van der Waals surface area contributed by atoms with Gasteiger partial charge in [-0.15, -0.1) is 0 Å². The first-order valence-electron chi connectivity index (χ1n) is 9.09.